The first-order chi connectivity index (χ1) is 9.09. The lowest BCUT2D eigenvalue weighted by atomic mass is 10.1. The lowest BCUT2D eigenvalue weighted by Gasteiger charge is -2.05. The van der Waals surface area contributed by atoms with Gasteiger partial charge in [-0.2, -0.15) is 0 Å². The molecule has 0 saturated heterocycles. The first kappa shape index (κ1) is 14.6. The van der Waals surface area contributed by atoms with Crippen molar-refractivity contribution in [3.8, 4) is 0 Å². The van der Waals surface area contributed by atoms with Crippen molar-refractivity contribution in [2.75, 3.05) is 5.75 Å². The standard InChI is InChI=1S/C14H10Br2O2S/c15-11-6-2-1-5-10(11)13(17)9-19(18)14-8-4-3-7-12(14)16/h1-8H,9H2. The first-order valence-corrected chi connectivity index (χ1v) is 8.40. The van der Waals surface area contributed by atoms with Crippen LogP contribution in [0.15, 0.2) is 62.4 Å². The summed E-state index contributed by atoms with van der Waals surface area (Å²) in [5.41, 5.74) is 0.558. The van der Waals surface area contributed by atoms with Crippen LogP contribution in [0, 0.1) is 0 Å². The van der Waals surface area contributed by atoms with Crippen molar-refractivity contribution in [3.05, 3.63) is 63.0 Å². The normalized spacial score (nSPS) is 12.1. The highest BCUT2D eigenvalue weighted by Gasteiger charge is 2.15. The van der Waals surface area contributed by atoms with Crippen molar-refractivity contribution >= 4 is 48.4 Å². The van der Waals surface area contributed by atoms with Gasteiger partial charge in [0.25, 0.3) is 0 Å². The maximum absolute atomic E-state index is 12.2. The molecular weight excluding hydrogens is 392 g/mol. The molecule has 0 heterocycles. The summed E-state index contributed by atoms with van der Waals surface area (Å²) in [6.45, 7) is 0. The predicted molar refractivity (Wildman–Crippen MR) is 83.9 cm³/mol. The van der Waals surface area contributed by atoms with Crippen molar-refractivity contribution in [2.24, 2.45) is 0 Å². The molecule has 0 fully saturated rings. The van der Waals surface area contributed by atoms with E-state index < -0.39 is 10.8 Å². The Balaban J connectivity index is 2.19. The minimum absolute atomic E-state index is 0.0226. The maximum Gasteiger partial charge on any atom is 0.176 e. The summed E-state index contributed by atoms with van der Waals surface area (Å²) in [6.07, 6.45) is 0. The molecule has 2 rings (SSSR count). The van der Waals surface area contributed by atoms with E-state index in [1.54, 1.807) is 30.3 Å². The zero-order valence-corrected chi connectivity index (χ0v) is 13.8. The second-order valence-electron chi connectivity index (χ2n) is 3.82. The highest BCUT2D eigenvalue weighted by Crippen LogP contribution is 2.22. The molecule has 0 saturated carbocycles. The summed E-state index contributed by atoms with van der Waals surface area (Å²) in [5.74, 6) is -0.160. The molecule has 0 aliphatic carbocycles. The highest BCUT2D eigenvalue weighted by molar-refractivity contribution is 9.10. The Morgan fingerprint density at radius 1 is 0.947 bits per heavy atom. The van der Waals surface area contributed by atoms with Gasteiger partial charge >= 0.3 is 0 Å². The molecule has 0 N–H and O–H groups in total. The summed E-state index contributed by atoms with van der Waals surface area (Å²) in [4.78, 5) is 12.8. The summed E-state index contributed by atoms with van der Waals surface area (Å²) < 4.78 is 13.7. The van der Waals surface area contributed by atoms with Crippen molar-refractivity contribution < 1.29 is 9.00 Å². The molecule has 2 aromatic carbocycles. The Bertz CT molecular complexity index is 585. The molecule has 0 aromatic heterocycles. The number of ketones is 1. The Hall–Kier alpha value is -0.780. The number of Topliss-reactive ketones (excluding diaryl/α,β-unsaturated/α-hetero) is 1. The lowest BCUT2D eigenvalue weighted by Crippen LogP contribution is -2.12. The highest BCUT2D eigenvalue weighted by atomic mass is 79.9. The molecule has 19 heavy (non-hydrogen) atoms. The van der Waals surface area contributed by atoms with Crippen LogP contribution in [0.25, 0.3) is 0 Å². The monoisotopic (exact) mass is 400 g/mol. The van der Waals surface area contributed by atoms with Gasteiger partial charge in [0.2, 0.25) is 0 Å². The smallest absolute Gasteiger partial charge is 0.176 e. The number of halogens is 2. The van der Waals surface area contributed by atoms with E-state index in [1.165, 1.54) is 0 Å². The van der Waals surface area contributed by atoms with Gasteiger partial charge in [0, 0.05) is 14.5 Å². The molecule has 98 valence electrons. The number of hydrogen-bond acceptors (Lipinski definition) is 2. The Labute approximate surface area is 130 Å². The summed E-state index contributed by atoms with van der Waals surface area (Å²) in [6, 6.07) is 14.4. The average Bonchev–Trinajstić information content (AvgIpc) is 2.39. The molecule has 1 unspecified atom stereocenters. The van der Waals surface area contributed by atoms with Crippen LogP contribution in [-0.4, -0.2) is 15.7 Å². The topological polar surface area (TPSA) is 34.1 Å². The Kier molecular flexibility index (Phi) is 5.07. The van der Waals surface area contributed by atoms with Crippen LogP contribution in [0.1, 0.15) is 10.4 Å². The van der Waals surface area contributed by atoms with Gasteiger partial charge in [-0.15, -0.1) is 0 Å². The van der Waals surface area contributed by atoms with E-state index in [-0.39, 0.29) is 11.5 Å². The van der Waals surface area contributed by atoms with E-state index >= 15 is 0 Å². The van der Waals surface area contributed by atoms with Gasteiger partial charge in [-0.05, 0) is 34.1 Å². The largest absolute Gasteiger partial charge is 0.293 e. The quantitative estimate of drug-likeness (QED) is 0.719. The molecule has 0 aliphatic heterocycles. The third kappa shape index (κ3) is 3.61. The van der Waals surface area contributed by atoms with Gasteiger partial charge in [-0.1, -0.05) is 46.3 Å². The van der Waals surface area contributed by atoms with Gasteiger partial charge < -0.3 is 0 Å². The fourth-order valence-electron chi connectivity index (χ4n) is 1.59. The maximum atomic E-state index is 12.2. The Morgan fingerprint density at radius 2 is 1.53 bits per heavy atom. The van der Waals surface area contributed by atoms with Crippen LogP contribution < -0.4 is 0 Å². The van der Waals surface area contributed by atoms with Gasteiger partial charge in [0.15, 0.2) is 5.78 Å². The van der Waals surface area contributed by atoms with E-state index in [0.29, 0.717) is 10.5 Å². The summed E-state index contributed by atoms with van der Waals surface area (Å²) in [7, 11) is -1.35. The fraction of sp³-hybridized carbons (Fsp3) is 0.0714. The molecule has 0 amide bonds. The third-order valence-electron chi connectivity index (χ3n) is 2.52. The van der Waals surface area contributed by atoms with Crippen molar-refractivity contribution in [3.63, 3.8) is 0 Å². The van der Waals surface area contributed by atoms with Crippen LogP contribution >= 0.6 is 31.9 Å². The molecule has 0 bridgehead atoms. The van der Waals surface area contributed by atoms with Crippen LogP contribution in [0.2, 0.25) is 0 Å². The van der Waals surface area contributed by atoms with Crippen LogP contribution in [0.3, 0.4) is 0 Å². The number of hydrogen-bond donors (Lipinski definition) is 0. The van der Waals surface area contributed by atoms with Gasteiger partial charge in [0.1, 0.15) is 0 Å². The van der Waals surface area contributed by atoms with Crippen LogP contribution in [0.4, 0.5) is 0 Å². The Morgan fingerprint density at radius 3 is 2.16 bits per heavy atom. The van der Waals surface area contributed by atoms with Gasteiger partial charge in [0.05, 0.1) is 21.4 Å². The third-order valence-corrected chi connectivity index (χ3v) is 5.53. The van der Waals surface area contributed by atoms with E-state index in [1.807, 2.05) is 18.2 Å². The first-order valence-electron chi connectivity index (χ1n) is 5.50. The summed E-state index contributed by atoms with van der Waals surface area (Å²) >= 11 is 6.67. The molecule has 0 radical (unpaired) electrons. The molecule has 2 aromatic rings. The number of benzene rings is 2. The second kappa shape index (κ2) is 6.59. The molecule has 0 spiro atoms. The molecule has 1 atom stereocenters. The number of carbonyl (C=O) groups is 1. The zero-order valence-electron chi connectivity index (χ0n) is 9.81. The minimum Gasteiger partial charge on any atom is -0.293 e. The van der Waals surface area contributed by atoms with Crippen LogP contribution in [0.5, 0.6) is 0 Å². The minimum atomic E-state index is -1.35. The van der Waals surface area contributed by atoms with Gasteiger partial charge in [-0.3, -0.25) is 9.00 Å². The molecule has 2 nitrogen and oxygen atoms in total. The van der Waals surface area contributed by atoms with Crippen LogP contribution in [-0.2, 0) is 10.8 Å². The summed E-state index contributed by atoms with van der Waals surface area (Å²) in [5, 5.41) is 0. The molecule has 0 aliphatic rings. The van der Waals surface area contributed by atoms with E-state index in [4.69, 9.17) is 0 Å². The lowest BCUT2D eigenvalue weighted by molar-refractivity contribution is 0.102. The molecule has 5 heteroatoms. The second-order valence-corrected chi connectivity index (χ2v) is 6.95. The van der Waals surface area contributed by atoms with E-state index in [0.717, 1.165) is 8.95 Å². The van der Waals surface area contributed by atoms with E-state index in [2.05, 4.69) is 31.9 Å². The zero-order chi connectivity index (χ0) is 13.8. The number of rotatable bonds is 4. The SMILES string of the molecule is O=C(CS(=O)c1ccccc1Br)c1ccccc1Br. The van der Waals surface area contributed by atoms with E-state index in [9.17, 15) is 9.00 Å². The van der Waals surface area contributed by atoms with Crippen molar-refractivity contribution in [2.45, 2.75) is 4.90 Å². The van der Waals surface area contributed by atoms with Crippen molar-refractivity contribution in [1.82, 2.24) is 0 Å². The fourth-order valence-corrected chi connectivity index (χ4v) is 3.99. The average molecular weight is 402 g/mol. The van der Waals surface area contributed by atoms with Crippen molar-refractivity contribution in [1.29, 1.82) is 0 Å². The number of carbonyl (C=O) groups excluding carboxylic acids is 1. The van der Waals surface area contributed by atoms with Gasteiger partial charge in [-0.25, -0.2) is 0 Å². The predicted octanol–water partition coefficient (Wildman–Crippen LogP) is 4.20. The molecular formula is C14H10Br2O2S.